The van der Waals surface area contributed by atoms with Crippen LogP contribution in [-0.2, 0) is 17.9 Å². The highest BCUT2D eigenvalue weighted by Crippen LogP contribution is 2.45. The van der Waals surface area contributed by atoms with Crippen molar-refractivity contribution in [3.63, 3.8) is 0 Å². The Balaban J connectivity index is 1.42. The van der Waals surface area contributed by atoms with Crippen LogP contribution in [0, 0.1) is 0 Å². The van der Waals surface area contributed by atoms with Gasteiger partial charge < -0.3 is 19.2 Å². The Hall–Kier alpha value is -3.98. The fraction of sp³-hybridized carbons (Fsp3) is 0.286. The molecule has 188 valence electrons. The van der Waals surface area contributed by atoms with Gasteiger partial charge in [0.2, 0.25) is 5.43 Å². The van der Waals surface area contributed by atoms with E-state index in [0.29, 0.717) is 23.3 Å². The number of nitrogens with zero attached hydrogens (tertiary/aromatic N) is 3. The van der Waals surface area contributed by atoms with Crippen molar-refractivity contribution in [3.05, 3.63) is 80.7 Å². The summed E-state index contributed by atoms with van der Waals surface area (Å²) >= 11 is 1.69. The molecule has 3 aromatic heterocycles. The zero-order valence-electron chi connectivity index (χ0n) is 20.3. The molecule has 2 aliphatic carbocycles. The lowest BCUT2D eigenvalue weighted by atomic mass is 9.96. The fourth-order valence-corrected chi connectivity index (χ4v) is 6.16. The van der Waals surface area contributed by atoms with Crippen molar-refractivity contribution in [2.24, 2.45) is 5.16 Å². The van der Waals surface area contributed by atoms with Crippen LogP contribution in [0.5, 0.6) is 5.75 Å². The van der Waals surface area contributed by atoms with Gasteiger partial charge >= 0.3 is 5.97 Å². The Kier molecular flexibility index (Phi) is 6.00. The van der Waals surface area contributed by atoms with E-state index in [4.69, 9.17) is 9.57 Å². The molecule has 37 heavy (non-hydrogen) atoms. The second-order valence-corrected chi connectivity index (χ2v) is 10.5. The lowest BCUT2D eigenvalue weighted by Gasteiger charge is -2.17. The van der Waals surface area contributed by atoms with Crippen LogP contribution in [0.1, 0.15) is 58.1 Å². The highest BCUT2D eigenvalue weighted by Gasteiger charge is 2.30. The van der Waals surface area contributed by atoms with Crippen molar-refractivity contribution in [2.75, 3.05) is 7.11 Å². The van der Waals surface area contributed by atoms with E-state index in [1.54, 1.807) is 36.9 Å². The van der Waals surface area contributed by atoms with Gasteiger partial charge in [0.05, 0.1) is 23.7 Å². The number of oxime groups is 1. The predicted molar refractivity (Wildman–Crippen MR) is 142 cm³/mol. The number of thiophene rings is 1. The van der Waals surface area contributed by atoms with Gasteiger partial charge in [-0.05, 0) is 56.4 Å². The quantitative estimate of drug-likeness (QED) is 0.330. The molecule has 1 aromatic carbocycles. The van der Waals surface area contributed by atoms with Crippen LogP contribution in [0.25, 0.3) is 21.3 Å². The van der Waals surface area contributed by atoms with E-state index in [1.807, 2.05) is 22.8 Å². The predicted octanol–water partition coefficient (Wildman–Crippen LogP) is 5.42. The third-order valence-electron chi connectivity index (χ3n) is 6.85. The number of aromatic nitrogens is 2. The molecule has 9 heteroatoms. The molecule has 0 atom stereocenters. The number of carboxylic acids is 1. The molecular weight excluding hydrogens is 490 g/mol. The van der Waals surface area contributed by atoms with Gasteiger partial charge in [0.25, 0.3) is 0 Å². The molecule has 1 saturated carbocycles. The second kappa shape index (κ2) is 9.48. The largest absolute Gasteiger partial charge is 0.494 e. The van der Waals surface area contributed by atoms with Crippen LogP contribution in [0.4, 0.5) is 0 Å². The molecule has 1 fully saturated rings. The maximum absolute atomic E-state index is 13.0. The average molecular weight is 516 g/mol. The standard InChI is InChI=1S/C28H25N3O5S/c1-35-27-18(9-10-19-25(27)31(17-7-8-17)14-21(26(19)32)28(33)34)24-12-20-22(5-2-6-23(20)37-24)30-36-15-16-4-3-11-29-13-16/h3-4,9-14,17H,2,5-8,15H2,1H3,(H,33,34). The molecule has 2 aliphatic rings. The van der Waals surface area contributed by atoms with Gasteiger partial charge in [-0.2, -0.15) is 0 Å². The Labute approximate surface area is 216 Å². The van der Waals surface area contributed by atoms with E-state index in [1.165, 1.54) is 11.1 Å². The summed E-state index contributed by atoms with van der Waals surface area (Å²) in [6.45, 7) is 0.360. The Morgan fingerprint density at radius 1 is 1.24 bits per heavy atom. The van der Waals surface area contributed by atoms with Gasteiger partial charge in [0, 0.05) is 51.1 Å². The molecule has 0 bridgehead atoms. The zero-order valence-corrected chi connectivity index (χ0v) is 21.1. The summed E-state index contributed by atoms with van der Waals surface area (Å²) in [7, 11) is 1.60. The number of fused-ring (bicyclic) bond motifs is 2. The molecular formula is C28H25N3O5S. The highest BCUT2D eigenvalue weighted by atomic mass is 32.1. The maximum Gasteiger partial charge on any atom is 0.341 e. The summed E-state index contributed by atoms with van der Waals surface area (Å²) in [5.74, 6) is -0.629. The Bertz CT molecular complexity index is 1600. The summed E-state index contributed by atoms with van der Waals surface area (Å²) in [6.07, 6.45) is 9.65. The Morgan fingerprint density at radius 3 is 2.84 bits per heavy atom. The fourth-order valence-electron chi connectivity index (χ4n) is 4.92. The molecule has 0 saturated heterocycles. The van der Waals surface area contributed by atoms with Crippen molar-refractivity contribution in [2.45, 2.75) is 44.8 Å². The first-order valence-electron chi connectivity index (χ1n) is 12.3. The number of carbonyl (C=O) groups is 1. The first-order chi connectivity index (χ1) is 18.0. The first kappa shape index (κ1) is 23.4. The summed E-state index contributed by atoms with van der Waals surface area (Å²) in [5.41, 5.74) is 3.79. The minimum atomic E-state index is -1.21. The molecule has 6 rings (SSSR count). The van der Waals surface area contributed by atoms with Crippen molar-refractivity contribution < 1.29 is 19.5 Å². The average Bonchev–Trinajstić information content (AvgIpc) is 3.66. The molecule has 0 radical (unpaired) electrons. The number of aryl methyl sites for hydroxylation is 1. The number of benzene rings is 1. The minimum Gasteiger partial charge on any atom is -0.494 e. The first-order valence-corrected chi connectivity index (χ1v) is 13.1. The number of hydrogen-bond donors (Lipinski definition) is 1. The number of ether oxygens (including phenoxy) is 1. The van der Waals surface area contributed by atoms with Gasteiger partial charge in [0.1, 0.15) is 12.2 Å². The minimum absolute atomic E-state index is 0.164. The van der Waals surface area contributed by atoms with Crippen LogP contribution in [0.2, 0.25) is 0 Å². The normalized spacial score (nSPS) is 16.1. The SMILES string of the molecule is COc1c(-c2cc3c(s2)CCCC3=NOCc2cccnc2)ccc2c(=O)c(C(=O)O)cn(C3CC3)c12. The molecule has 1 N–H and O–H groups in total. The number of pyridine rings is 2. The monoisotopic (exact) mass is 515 g/mol. The van der Waals surface area contributed by atoms with Crippen molar-refractivity contribution in [1.82, 2.24) is 9.55 Å². The lowest BCUT2D eigenvalue weighted by molar-refractivity contribution is 0.0695. The summed E-state index contributed by atoms with van der Waals surface area (Å²) in [5, 5.41) is 14.4. The van der Waals surface area contributed by atoms with Gasteiger partial charge in [-0.25, -0.2) is 4.79 Å². The van der Waals surface area contributed by atoms with E-state index >= 15 is 0 Å². The van der Waals surface area contributed by atoms with Crippen LogP contribution in [0.3, 0.4) is 0 Å². The Morgan fingerprint density at radius 2 is 2.11 bits per heavy atom. The van der Waals surface area contributed by atoms with Gasteiger partial charge in [-0.15, -0.1) is 11.3 Å². The molecule has 0 amide bonds. The topological polar surface area (TPSA) is 103 Å². The molecule has 0 aliphatic heterocycles. The number of carboxylic acid groups (broad SMARTS) is 1. The van der Waals surface area contributed by atoms with Crippen LogP contribution < -0.4 is 10.2 Å². The number of rotatable bonds is 7. The lowest BCUT2D eigenvalue weighted by Crippen LogP contribution is -2.19. The third-order valence-corrected chi connectivity index (χ3v) is 8.08. The number of methoxy groups -OCH3 is 1. The molecule has 0 spiro atoms. The maximum atomic E-state index is 13.0. The van der Waals surface area contributed by atoms with Crippen molar-refractivity contribution in [3.8, 4) is 16.2 Å². The van der Waals surface area contributed by atoms with Gasteiger partial charge in [0.15, 0.2) is 5.75 Å². The zero-order chi connectivity index (χ0) is 25.5. The number of aromatic carboxylic acids is 1. The number of hydrogen-bond acceptors (Lipinski definition) is 7. The van der Waals surface area contributed by atoms with Crippen LogP contribution >= 0.6 is 11.3 Å². The van der Waals surface area contributed by atoms with Crippen molar-refractivity contribution in [1.29, 1.82) is 0 Å². The summed E-state index contributed by atoms with van der Waals surface area (Å²) < 4.78 is 7.81. The summed E-state index contributed by atoms with van der Waals surface area (Å²) in [4.78, 5) is 36.8. The summed E-state index contributed by atoms with van der Waals surface area (Å²) in [6, 6.07) is 9.70. The molecule has 3 heterocycles. The smallest absolute Gasteiger partial charge is 0.341 e. The second-order valence-electron chi connectivity index (χ2n) is 9.33. The molecule has 0 unspecified atom stereocenters. The van der Waals surface area contributed by atoms with E-state index in [-0.39, 0.29) is 11.6 Å². The third kappa shape index (κ3) is 4.29. The van der Waals surface area contributed by atoms with E-state index in [0.717, 1.165) is 59.4 Å². The van der Waals surface area contributed by atoms with Crippen LogP contribution in [-0.4, -0.2) is 33.4 Å². The van der Waals surface area contributed by atoms with Crippen molar-refractivity contribution >= 4 is 33.9 Å². The van der Waals surface area contributed by atoms with Crippen LogP contribution in [0.15, 0.2) is 58.9 Å². The molecule has 4 aromatic rings. The highest BCUT2D eigenvalue weighted by molar-refractivity contribution is 7.16. The van der Waals surface area contributed by atoms with E-state index in [9.17, 15) is 14.7 Å². The van der Waals surface area contributed by atoms with Gasteiger partial charge in [-0.3, -0.25) is 9.78 Å². The molecule has 8 nitrogen and oxygen atoms in total. The van der Waals surface area contributed by atoms with E-state index < -0.39 is 11.4 Å². The van der Waals surface area contributed by atoms with E-state index in [2.05, 4.69) is 16.2 Å². The van der Waals surface area contributed by atoms with Gasteiger partial charge in [-0.1, -0.05) is 11.2 Å².